The van der Waals surface area contributed by atoms with Crippen molar-refractivity contribution in [1.29, 1.82) is 0 Å². The van der Waals surface area contributed by atoms with Gasteiger partial charge in [-0.1, -0.05) is 68.2 Å². The van der Waals surface area contributed by atoms with E-state index in [0.717, 1.165) is 80.6 Å². The van der Waals surface area contributed by atoms with Crippen molar-refractivity contribution in [2.45, 2.75) is 77.5 Å². The molecule has 3 heterocycles. The van der Waals surface area contributed by atoms with Crippen LogP contribution in [0.25, 0.3) is 22.3 Å². The van der Waals surface area contributed by atoms with Gasteiger partial charge in [0.25, 0.3) is 0 Å². The van der Waals surface area contributed by atoms with Crippen molar-refractivity contribution >= 4 is 31.1 Å². The molecule has 2 N–H and O–H groups in total. The van der Waals surface area contributed by atoms with Gasteiger partial charge in [-0.15, -0.1) is 0 Å². The third-order valence-corrected chi connectivity index (χ3v) is 10.3. The Labute approximate surface area is 298 Å². The first-order valence-corrected chi connectivity index (χ1v) is 21.6. The number of carbonyl (C=O) groups is 1. The lowest BCUT2D eigenvalue weighted by molar-refractivity contribution is 0.0398. The molecule has 0 saturated carbocycles. The number of carbonyl (C=O) groups excluding carboxylic acids is 1. The van der Waals surface area contributed by atoms with Crippen molar-refractivity contribution in [2.24, 2.45) is 0 Å². The van der Waals surface area contributed by atoms with Crippen LogP contribution in [0.3, 0.4) is 0 Å². The monoisotopic (exact) mass is 701 g/mol. The van der Waals surface area contributed by atoms with Gasteiger partial charge >= 0.3 is 6.09 Å². The topological polar surface area (TPSA) is 116 Å². The Kier molecular flexibility index (Phi) is 13.0. The number of morpholine rings is 1. The summed E-state index contributed by atoms with van der Waals surface area (Å²) in [7, 11) is -1.23. The largest absolute Gasteiger partial charge is 0.444 e. The predicted octanol–water partition coefficient (Wildman–Crippen LogP) is 6.79. The van der Waals surface area contributed by atoms with Crippen molar-refractivity contribution in [3.63, 3.8) is 0 Å². The van der Waals surface area contributed by atoms with E-state index in [-0.39, 0.29) is 5.92 Å². The molecule has 5 rings (SSSR count). The van der Waals surface area contributed by atoms with Gasteiger partial charge in [0.1, 0.15) is 18.0 Å². The highest BCUT2D eigenvalue weighted by atomic mass is 28.3. The van der Waals surface area contributed by atoms with Gasteiger partial charge in [-0.2, -0.15) is 10.1 Å². The summed E-state index contributed by atoms with van der Waals surface area (Å²) in [4.78, 5) is 24.4. The molecule has 12 heteroatoms. The summed E-state index contributed by atoms with van der Waals surface area (Å²) >= 11 is 0. The van der Waals surface area contributed by atoms with Gasteiger partial charge in [0, 0.05) is 59.2 Å². The van der Waals surface area contributed by atoms with Crippen LogP contribution in [0.5, 0.6) is 0 Å². The Hall–Kier alpha value is -3.84. The minimum atomic E-state index is -1.23. The molecule has 2 aromatic carbocycles. The molecule has 1 aliphatic rings. The lowest BCUT2D eigenvalue weighted by Crippen LogP contribution is -2.39. The number of hydrogen-bond donors (Lipinski definition) is 2. The second-order valence-corrected chi connectivity index (χ2v) is 20.9. The van der Waals surface area contributed by atoms with Crippen LogP contribution in [-0.2, 0) is 27.4 Å². The van der Waals surface area contributed by atoms with Gasteiger partial charge in [-0.05, 0) is 62.8 Å². The number of nitrogens with one attached hydrogen (secondary N) is 2. The number of alkyl carbamates (subject to hydrolysis) is 1. The van der Waals surface area contributed by atoms with Crippen LogP contribution < -0.4 is 10.6 Å². The van der Waals surface area contributed by atoms with Crippen molar-refractivity contribution in [3.05, 3.63) is 71.9 Å². The molecule has 0 aliphatic carbocycles. The molecule has 50 heavy (non-hydrogen) atoms. The summed E-state index contributed by atoms with van der Waals surface area (Å²) in [6, 6.07) is 20.1. The highest BCUT2D eigenvalue weighted by molar-refractivity contribution is 6.76. The van der Waals surface area contributed by atoms with Crippen molar-refractivity contribution in [2.75, 3.05) is 57.9 Å². The maximum Gasteiger partial charge on any atom is 0.407 e. The van der Waals surface area contributed by atoms with E-state index in [4.69, 9.17) is 29.3 Å². The molecule has 2 aromatic heterocycles. The standard InChI is InChI=1S/C38H55N7O4Si/c1-38(2,3)49-37(46)40-16-15-31(30-12-8-7-9-13-30)25-29-11-10-14-32(26-29)34-33-27-41-36(39-17-18-44-19-21-47-22-20-44)42-35(33)45(43-34)28-48-23-24-50(4,5)6/h7-14,26-27,31H,15-25,28H2,1-6H3,(H,40,46)(H,39,41,42). The fourth-order valence-electron chi connectivity index (χ4n) is 5.93. The van der Waals surface area contributed by atoms with E-state index < -0.39 is 19.8 Å². The molecule has 0 spiro atoms. The number of aromatic nitrogens is 4. The van der Waals surface area contributed by atoms with E-state index in [0.29, 0.717) is 25.8 Å². The van der Waals surface area contributed by atoms with Crippen LogP contribution in [-0.4, -0.2) is 97.0 Å². The number of anilines is 1. The molecule has 1 aliphatic heterocycles. The molecule has 0 radical (unpaired) electrons. The Morgan fingerprint density at radius 1 is 1.04 bits per heavy atom. The Morgan fingerprint density at radius 3 is 2.56 bits per heavy atom. The Morgan fingerprint density at radius 2 is 1.82 bits per heavy atom. The summed E-state index contributed by atoms with van der Waals surface area (Å²) in [5, 5.41) is 12.3. The molecule has 270 valence electrons. The number of benzene rings is 2. The van der Waals surface area contributed by atoms with Gasteiger partial charge in [-0.25, -0.2) is 14.5 Å². The maximum atomic E-state index is 12.3. The van der Waals surface area contributed by atoms with E-state index in [2.05, 4.69) is 83.7 Å². The average molecular weight is 702 g/mol. The Bertz CT molecular complexity index is 1660. The number of nitrogens with zero attached hydrogens (tertiary/aromatic N) is 5. The fraction of sp³-hybridized carbons (Fsp3) is 0.526. The van der Waals surface area contributed by atoms with Gasteiger partial charge in [0.2, 0.25) is 5.95 Å². The van der Waals surface area contributed by atoms with Crippen LogP contribution in [0.4, 0.5) is 10.7 Å². The highest BCUT2D eigenvalue weighted by Gasteiger charge is 2.20. The first-order chi connectivity index (χ1) is 23.9. The van der Waals surface area contributed by atoms with Gasteiger partial charge in [-0.3, -0.25) is 4.90 Å². The van der Waals surface area contributed by atoms with E-state index in [9.17, 15) is 4.79 Å². The molecule has 1 atom stereocenters. The number of ether oxygens (including phenoxy) is 3. The van der Waals surface area contributed by atoms with Gasteiger partial charge < -0.3 is 24.8 Å². The fourth-order valence-corrected chi connectivity index (χ4v) is 6.69. The second-order valence-electron chi connectivity index (χ2n) is 15.2. The summed E-state index contributed by atoms with van der Waals surface area (Å²) in [5.74, 6) is 0.782. The first-order valence-electron chi connectivity index (χ1n) is 17.9. The molecule has 1 fully saturated rings. The van der Waals surface area contributed by atoms with E-state index in [1.54, 1.807) is 0 Å². The van der Waals surface area contributed by atoms with E-state index in [1.807, 2.05) is 37.7 Å². The zero-order chi connectivity index (χ0) is 35.6. The van der Waals surface area contributed by atoms with Crippen LogP contribution >= 0.6 is 0 Å². The van der Waals surface area contributed by atoms with Crippen molar-refractivity contribution in [3.8, 4) is 11.3 Å². The predicted molar refractivity (Wildman–Crippen MR) is 202 cm³/mol. The average Bonchev–Trinajstić information content (AvgIpc) is 3.44. The summed E-state index contributed by atoms with van der Waals surface area (Å²) in [6.07, 6.45) is 3.06. The smallest absolute Gasteiger partial charge is 0.407 e. The third kappa shape index (κ3) is 11.6. The lowest BCUT2D eigenvalue weighted by Gasteiger charge is -2.26. The van der Waals surface area contributed by atoms with Crippen molar-refractivity contribution < 1.29 is 19.0 Å². The second kappa shape index (κ2) is 17.4. The number of hydrogen-bond acceptors (Lipinski definition) is 9. The van der Waals surface area contributed by atoms with Crippen molar-refractivity contribution in [1.82, 2.24) is 30.0 Å². The van der Waals surface area contributed by atoms with E-state index >= 15 is 0 Å². The summed E-state index contributed by atoms with van der Waals surface area (Å²) < 4.78 is 19.0. The molecular formula is C38H55N7O4Si. The summed E-state index contributed by atoms with van der Waals surface area (Å²) in [5.41, 5.74) is 4.47. The third-order valence-electron chi connectivity index (χ3n) is 8.63. The first kappa shape index (κ1) is 37.4. The molecule has 0 bridgehead atoms. The number of rotatable bonds is 16. The SMILES string of the molecule is CC(C)(C)OC(=O)NCCC(Cc1cccc(-c2nn(COCC[Si](C)(C)C)c3nc(NCCN4CCOCC4)ncc23)c1)c1ccccc1. The van der Waals surface area contributed by atoms with Crippen LogP contribution in [0, 0.1) is 0 Å². The van der Waals surface area contributed by atoms with Gasteiger partial charge in [0.15, 0.2) is 5.65 Å². The molecule has 4 aromatic rings. The molecule has 1 unspecified atom stereocenters. The number of amides is 1. The summed E-state index contributed by atoms with van der Waals surface area (Å²) in [6.45, 7) is 19.3. The molecule has 1 saturated heterocycles. The molecule has 1 amide bonds. The minimum absolute atomic E-state index is 0.199. The van der Waals surface area contributed by atoms with Crippen LogP contribution in [0.2, 0.25) is 25.7 Å². The quantitative estimate of drug-likeness (QED) is 0.0963. The number of fused-ring (bicyclic) bond motifs is 1. The normalized spacial score (nSPS) is 14.8. The molecule has 11 nitrogen and oxygen atoms in total. The van der Waals surface area contributed by atoms with E-state index in [1.165, 1.54) is 11.1 Å². The zero-order valence-corrected chi connectivity index (χ0v) is 31.7. The maximum absolute atomic E-state index is 12.3. The highest BCUT2D eigenvalue weighted by Crippen LogP contribution is 2.30. The Balaban J connectivity index is 1.35. The molecular weight excluding hydrogens is 647 g/mol. The minimum Gasteiger partial charge on any atom is -0.444 e. The van der Waals surface area contributed by atoms with Crippen LogP contribution in [0.1, 0.15) is 44.2 Å². The lowest BCUT2D eigenvalue weighted by atomic mass is 9.88. The van der Waals surface area contributed by atoms with Crippen LogP contribution in [0.15, 0.2) is 60.8 Å². The zero-order valence-electron chi connectivity index (χ0n) is 30.7. The van der Waals surface area contributed by atoms with Gasteiger partial charge in [0.05, 0.1) is 18.6 Å².